The van der Waals surface area contributed by atoms with E-state index in [0.717, 1.165) is 0 Å². The molecule has 2 rings (SSSR count). The molecule has 2 aromatic rings. The number of amides is 1. The van der Waals surface area contributed by atoms with E-state index in [-0.39, 0.29) is 11.9 Å². The van der Waals surface area contributed by atoms with Crippen molar-refractivity contribution in [2.24, 2.45) is 0 Å². The lowest BCUT2D eigenvalue weighted by molar-refractivity contribution is 0.102. The number of carbonyl (C=O) groups is 1. The summed E-state index contributed by atoms with van der Waals surface area (Å²) >= 11 is 5.73. The molecule has 94 valence electrons. The number of nitrogens with one attached hydrogen (secondary N) is 1. The van der Waals surface area contributed by atoms with Crippen LogP contribution in [0.4, 0.5) is 5.69 Å². The van der Waals surface area contributed by atoms with Crippen LogP contribution >= 0.6 is 11.6 Å². The van der Waals surface area contributed by atoms with Gasteiger partial charge in [0.1, 0.15) is 5.15 Å². The number of aromatic nitrogens is 3. The third-order valence-electron chi connectivity index (χ3n) is 2.38. The quantitative estimate of drug-likeness (QED) is 0.867. The monoisotopic (exact) mass is 264 g/mol. The first-order valence-corrected chi connectivity index (χ1v) is 5.91. The molecule has 2 aromatic heterocycles. The van der Waals surface area contributed by atoms with E-state index in [1.807, 2.05) is 13.8 Å². The largest absolute Gasteiger partial charge is 0.319 e. The maximum Gasteiger partial charge on any atom is 0.255 e. The van der Waals surface area contributed by atoms with E-state index in [1.54, 1.807) is 23.1 Å². The third-order valence-corrected chi connectivity index (χ3v) is 2.58. The number of hydrogen-bond donors (Lipinski definition) is 1. The summed E-state index contributed by atoms with van der Waals surface area (Å²) in [6.45, 7) is 4.03. The van der Waals surface area contributed by atoms with E-state index in [1.165, 1.54) is 12.3 Å². The van der Waals surface area contributed by atoms with Gasteiger partial charge >= 0.3 is 0 Å². The Morgan fingerprint density at radius 1 is 1.50 bits per heavy atom. The summed E-state index contributed by atoms with van der Waals surface area (Å²) in [5.41, 5.74) is 1.12. The number of anilines is 1. The fraction of sp³-hybridized carbons (Fsp3) is 0.250. The Labute approximate surface area is 110 Å². The van der Waals surface area contributed by atoms with E-state index in [9.17, 15) is 4.79 Å². The first-order chi connectivity index (χ1) is 8.56. The van der Waals surface area contributed by atoms with Crippen molar-refractivity contribution in [1.29, 1.82) is 0 Å². The first-order valence-electron chi connectivity index (χ1n) is 5.53. The van der Waals surface area contributed by atoms with Gasteiger partial charge in [-0.05, 0) is 26.0 Å². The SMILES string of the molecule is CC(C)n1cc(NC(=O)c2ccnc(Cl)c2)cn1. The van der Waals surface area contributed by atoms with Crippen LogP contribution in [0.2, 0.25) is 5.15 Å². The molecule has 0 aliphatic rings. The second-order valence-corrected chi connectivity index (χ2v) is 4.51. The Bertz CT molecular complexity index is 565. The van der Waals surface area contributed by atoms with E-state index < -0.39 is 0 Å². The van der Waals surface area contributed by atoms with Gasteiger partial charge in [0, 0.05) is 24.0 Å². The molecule has 0 saturated heterocycles. The zero-order valence-electron chi connectivity index (χ0n) is 10.1. The van der Waals surface area contributed by atoms with Gasteiger partial charge in [-0.3, -0.25) is 9.48 Å². The molecule has 6 heteroatoms. The number of pyridine rings is 1. The predicted molar refractivity (Wildman–Crippen MR) is 69.8 cm³/mol. The highest BCUT2D eigenvalue weighted by Crippen LogP contribution is 2.13. The van der Waals surface area contributed by atoms with Crippen molar-refractivity contribution in [1.82, 2.24) is 14.8 Å². The van der Waals surface area contributed by atoms with Crippen molar-refractivity contribution < 1.29 is 4.79 Å². The molecular weight excluding hydrogens is 252 g/mol. The Balaban J connectivity index is 2.11. The number of rotatable bonds is 3. The fourth-order valence-corrected chi connectivity index (χ4v) is 1.61. The highest BCUT2D eigenvalue weighted by molar-refractivity contribution is 6.29. The summed E-state index contributed by atoms with van der Waals surface area (Å²) in [6.07, 6.45) is 4.89. The molecule has 1 amide bonds. The van der Waals surface area contributed by atoms with Crippen molar-refractivity contribution in [3.8, 4) is 0 Å². The maximum absolute atomic E-state index is 11.9. The molecule has 18 heavy (non-hydrogen) atoms. The van der Waals surface area contributed by atoms with Crippen LogP contribution in [-0.4, -0.2) is 20.7 Å². The smallest absolute Gasteiger partial charge is 0.255 e. The summed E-state index contributed by atoms with van der Waals surface area (Å²) < 4.78 is 1.77. The van der Waals surface area contributed by atoms with E-state index in [4.69, 9.17) is 11.6 Å². The third kappa shape index (κ3) is 2.87. The van der Waals surface area contributed by atoms with Crippen LogP contribution in [0.5, 0.6) is 0 Å². The summed E-state index contributed by atoms with van der Waals surface area (Å²) in [4.78, 5) is 15.7. The first kappa shape index (κ1) is 12.6. The van der Waals surface area contributed by atoms with Crippen molar-refractivity contribution in [2.45, 2.75) is 19.9 Å². The molecule has 5 nitrogen and oxygen atoms in total. The Morgan fingerprint density at radius 2 is 2.28 bits per heavy atom. The maximum atomic E-state index is 11.9. The second-order valence-electron chi connectivity index (χ2n) is 4.12. The highest BCUT2D eigenvalue weighted by Gasteiger charge is 2.09. The molecule has 0 aliphatic heterocycles. The normalized spacial score (nSPS) is 10.7. The summed E-state index contributed by atoms with van der Waals surface area (Å²) in [5, 5.41) is 7.19. The van der Waals surface area contributed by atoms with Gasteiger partial charge in [-0.2, -0.15) is 5.10 Å². The van der Waals surface area contributed by atoms with E-state index >= 15 is 0 Å². The number of nitrogens with zero attached hydrogens (tertiary/aromatic N) is 3. The van der Waals surface area contributed by atoms with Crippen molar-refractivity contribution in [3.05, 3.63) is 41.4 Å². The molecule has 0 bridgehead atoms. The average Bonchev–Trinajstić information content (AvgIpc) is 2.77. The Kier molecular flexibility index (Phi) is 3.62. The molecule has 0 fully saturated rings. The van der Waals surface area contributed by atoms with Crippen LogP contribution in [0.3, 0.4) is 0 Å². The summed E-state index contributed by atoms with van der Waals surface area (Å²) in [5.74, 6) is -0.234. The molecule has 0 aromatic carbocycles. The molecule has 0 aliphatic carbocycles. The lowest BCUT2D eigenvalue weighted by Gasteiger charge is -2.04. The predicted octanol–water partition coefficient (Wildman–Crippen LogP) is 2.76. The van der Waals surface area contributed by atoms with Crippen molar-refractivity contribution >= 4 is 23.2 Å². The van der Waals surface area contributed by atoms with Crippen LogP contribution in [0.1, 0.15) is 30.2 Å². The molecule has 0 saturated carbocycles. The molecule has 0 unspecified atom stereocenters. The Morgan fingerprint density at radius 3 is 2.89 bits per heavy atom. The minimum absolute atomic E-state index is 0.234. The zero-order chi connectivity index (χ0) is 13.1. The van der Waals surface area contributed by atoms with Gasteiger partial charge in [-0.15, -0.1) is 0 Å². The molecule has 0 atom stereocenters. The lowest BCUT2D eigenvalue weighted by Crippen LogP contribution is -2.11. The molecular formula is C12H13ClN4O. The Hall–Kier alpha value is -1.88. The van der Waals surface area contributed by atoms with Crippen molar-refractivity contribution in [2.75, 3.05) is 5.32 Å². The van der Waals surface area contributed by atoms with E-state index in [0.29, 0.717) is 16.4 Å². The summed E-state index contributed by atoms with van der Waals surface area (Å²) in [6, 6.07) is 3.38. The summed E-state index contributed by atoms with van der Waals surface area (Å²) in [7, 11) is 0. The van der Waals surface area contributed by atoms with Gasteiger partial charge in [-0.1, -0.05) is 11.6 Å². The van der Waals surface area contributed by atoms with Gasteiger partial charge in [0.15, 0.2) is 0 Å². The number of carbonyl (C=O) groups excluding carboxylic acids is 1. The van der Waals surface area contributed by atoms with Crippen molar-refractivity contribution in [3.63, 3.8) is 0 Å². The molecule has 1 N–H and O–H groups in total. The zero-order valence-corrected chi connectivity index (χ0v) is 10.8. The average molecular weight is 265 g/mol. The van der Waals surface area contributed by atoms with Gasteiger partial charge in [0.05, 0.1) is 11.9 Å². The van der Waals surface area contributed by atoms with Gasteiger partial charge in [0.25, 0.3) is 5.91 Å². The van der Waals surface area contributed by atoms with E-state index in [2.05, 4.69) is 15.4 Å². The van der Waals surface area contributed by atoms with Crippen LogP contribution < -0.4 is 5.32 Å². The minimum Gasteiger partial charge on any atom is -0.319 e. The number of halogens is 1. The topological polar surface area (TPSA) is 59.8 Å². The number of hydrogen-bond acceptors (Lipinski definition) is 3. The standard InChI is InChI=1S/C12H13ClN4O/c1-8(2)17-7-10(6-15-17)16-12(18)9-3-4-14-11(13)5-9/h3-8H,1-2H3,(H,16,18). The highest BCUT2D eigenvalue weighted by atomic mass is 35.5. The fourth-order valence-electron chi connectivity index (χ4n) is 1.43. The van der Waals surface area contributed by atoms with Crippen LogP contribution in [0, 0.1) is 0 Å². The second kappa shape index (κ2) is 5.18. The van der Waals surface area contributed by atoms with Crippen LogP contribution in [0.25, 0.3) is 0 Å². The van der Waals surface area contributed by atoms with Crippen LogP contribution in [0.15, 0.2) is 30.7 Å². The van der Waals surface area contributed by atoms with Gasteiger partial charge < -0.3 is 5.32 Å². The minimum atomic E-state index is -0.234. The molecule has 0 spiro atoms. The van der Waals surface area contributed by atoms with Crippen LogP contribution in [-0.2, 0) is 0 Å². The lowest BCUT2D eigenvalue weighted by atomic mass is 10.2. The van der Waals surface area contributed by atoms with Gasteiger partial charge in [0.2, 0.25) is 0 Å². The molecule has 2 heterocycles. The van der Waals surface area contributed by atoms with Gasteiger partial charge in [-0.25, -0.2) is 4.98 Å². The molecule has 0 radical (unpaired) electrons.